The summed E-state index contributed by atoms with van der Waals surface area (Å²) in [6.45, 7) is 4.05. The maximum atomic E-state index is 12.8. The largest absolute Gasteiger partial charge is 0.385 e. The number of hydrogen-bond acceptors (Lipinski definition) is 4. The molecule has 1 fully saturated rings. The molecule has 4 rings (SSSR count). The molecule has 0 radical (unpaired) electrons. The van der Waals surface area contributed by atoms with E-state index in [1.54, 1.807) is 17.8 Å². The van der Waals surface area contributed by atoms with Crippen LogP contribution < -0.4 is 10.9 Å². The van der Waals surface area contributed by atoms with Crippen molar-refractivity contribution in [3.8, 4) is 0 Å². The molecule has 1 aromatic carbocycles. The Balaban J connectivity index is 1.63. The van der Waals surface area contributed by atoms with Gasteiger partial charge in [-0.15, -0.1) is 0 Å². The molecule has 2 heterocycles. The predicted octanol–water partition coefficient (Wildman–Crippen LogP) is 5.54. The van der Waals surface area contributed by atoms with Gasteiger partial charge in [0, 0.05) is 28.7 Å². The first-order valence-corrected chi connectivity index (χ1v) is 11.4. The zero-order valence-electron chi connectivity index (χ0n) is 17.7. The van der Waals surface area contributed by atoms with E-state index >= 15 is 0 Å². The van der Waals surface area contributed by atoms with Crippen molar-refractivity contribution >= 4 is 38.3 Å². The van der Waals surface area contributed by atoms with E-state index in [9.17, 15) is 9.90 Å². The van der Waals surface area contributed by atoms with Gasteiger partial charge in [0.2, 0.25) is 0 Å². The molecule has 0 bridgehead atoms. The molecule has 0 spiro atoms. The van der Waals surface area contributed by atoms with E-state index in [2.05, 4.69) is 26.2 Å². The molecule has 30 heavy (non-hydrogen) atoms. The lowest BCUT2D eigenvalue weighted by molar-refractivity contribution is -0.00541. The summed E-state index contributed by atoms with van der Waals surface area (Å²) in [5.74, 6) is 1.20. The Morgan fingerprint density at radius 1 is 1.30 bits per heavy atom. The first-order valence-electron chi connectivity index (χ1n) is 10.6. The molecule has 1 saturated carbocycles. The SMILES string of the molecule is CCC(O)(CC1CCC1)c1ccc(Nc2cc3c(C)c(Br)ccc3n(C)c2=O)nc1. The van der Waals surface area contributed by atoms with Crippen LogP contribution in [0.1, 0.15) is 50.2 Å². The van der Waals surface area contributed by atoms with Crippen LogP contribution in [0.5, 0.6) is 0 Å². The third-order valence-corrected chi connectivity index (χ3v) is 7.47. The van der Waals surface area contributed by atoms with Gasteiger partial charge in [-0.3, -0.25) is 4.79 Å². The standard InChI is InChI=1S/C24H28BrN3O2/c1-4-24(30,13-16-6-5-7-16)17-8-11-22(26-14-17)27-20-12-18-15(2)19(25)9-10-21(18)28(3)23(20)29/h8-12,14,16,30H,4-7,13H2,1-3H3,(H,26,27). The lowest BCUT2D eigenvalue weighted by Gasteiger charge is -2.35. The molecule has 5 nitrogen and oxygen atoms in total. The predicted molar refractivity (Wildman–Crippen MR) is 125 cm³/mol. The smallest absolute Gasteiger partial charge is 0.274 e. The van der Waals surface area contributed by atoms with Crippen molar-refractivity contribution in [1.82, 2.24) is 9.55 Å². The number of pyridine rings is 2. The zero-order chi connectivity index (χ0) is 21.5. The van der Waals surface area contributed by atoms with Crippen LogP contribution in [0.4, 0.5) is 11.5 Å². The second kappa shape index (κ2) is 8.16. The Labute approximate surface area is 185 Å². The van der Waals surface area contributed by atoms with Crippen LogP contribution in [0.2, 0.25) is 0 Å². The van der Waals surface area contributed by atoms with Gasteiger partial charge in [0.25, 0.3) is 5.56 Å². The Morgan fingerprint density at radius 3 is 2.67 bits per heavy atom. The lowest BCUT2D eigenvalue weighted by Crippen LogP contribution is -2.30. The van der Waals surface area contributed by atoms with Crippen LogP contribution in [0.15, 0.2) is 45.8 Å². The topological polar surface area (TPSA) is 67.2 Å². The average Bonchev–Trinajstić information content (AvgIpc) is 2.72. The Kier molecular flexibility index (Phi) is 5.73. The highest BCUT2D eigenvalue weighted by Gasteiger charge is 2.33. The molecule has 6 heteroatoms. The van der Waals surface area contributed by atoms with Gasteiger partial charge in [0.1, 0.15) is 11.5 Å². The number of benzene rings is 1. The van der Waals surface area contributed by atoms with Gasteiger partial charge in [-0.05, 0) is 55.5 Å². The number of halogens is 1. The molecule has 1 unspecified atom stereocenters. The van der Waals surface area contributed by atoms with E-state index in [0.717, 1.165) is 32.9 Å². The lowest BCUT2D eigenvalue weighted by atomic mass is 9.74. The Hall–Kier alpha value is -2.18. The van der Waals surface area contributed by atoms with E-state index in [1.165, 1.54) is 19.3 Å². The minimum atomic E-state index is -0.834. The third-order valence-electron chi connectivity index (χ3n) is 6.61. The van der Waals surface area contributed by atoms with Gasteiger partial charge in [-0.2, -0.15) is 0 Å². The summed E-state index contributed by atoms with van der Waals surface area (Å²) in [6.07, 6.45) is 6.86. The maximum Gasteiger partial charge on any atom is 0.274 e. The van der Waals surface area contributed by atoms with Gasteiger partial charge < -0.3 is 15.0 Å². The van der Waals surface area contributed by atoms with E-state index in [1.807, 2.05) is 44.2 Å². The minimum Gasteiger partial charge on any atom is -0.385 e. The molecule has 1 atom stereocenters. The second-order valence-electron chi connectivity index (χ2n) is 8.47. The van der Waals surface area contributed by atoms with Crippen molar-refractivity contribution in [1.29, 1.82) is 0 Å². The van der Waals surface area contributed by atoms with Gasteiger partial charge >= 0.3 is 0 Å². The monoisotopic (exact) mass is 469 g/mol. The summed E-state index contributed by atoms with van der Waals surface area (Å²) in [5.41, 5.74) is 2.35. The number of nitrogens with one attached hydrogen (secondary N) is 1. The second-order valence-corrected chi connectivity index (χ2v) is 9.33. The number of hydrogen-bond donors (Lipinski definition) is 2. The van der Waals surface area contributed by atoms with Gasteiger partial charge in [0.15, 0.2) is 0 Å². The summed E-state index contributed by atoms with van der Waals surface area (Å²) >= 11 is 3.57. The maximum absolute atomic E-state index is 12.8. The minimum absolute atomic E-state index is 0.106. The van der Waals surface area contributed by atoms with E-state index in [-0.39, 0.29) is 5.56 Å². The van der Waals surface area contributed by atoms with Gasteiger partial charge in [-0.1, -0.05) is 48.2 Å². The molecule has 1 aliphatic carbocycles. The van der Waals surface area contributed by atoms with E-state index in [0.29, 0.717) is 23.8 Å². The Morgan fingerprint density at radius 2 is 2.07 bits per heavy atom. The Bertz CT molecular complexity index is 1140. The normalized spacial score (nSPS) is 16.3. The van der Waals surface area contributed by atoms with Crippen molar-refractivity contribution in [3.05, 3.63) is 62.5 Å². The van der Waals surface area contributed by atoms with Crippen LogP contribution in [-0.2, 0) is 12.6 Å². The number of rotatable bonds is 6. The van der Waals surface area contributed by atoms with Crippen LogP contribution in [0.3, 0.4) is 0 Å². The van der Waals surface area contributed by atoms with Gasteiger partial charge in [-0.25, -0.2) is 4.98 Å². The number of aryl methyl sites for hydroxylation is 2. The fourth-order valence-electron chi connectivity index (χ4n) is 4.27. The fraction of sp³-hybridized carbons (Fsp3) is 0.417. The number of fused-ring (bicyclic) bond motifs is 1. The number of aromatic nitrogens is 2. The molecule has 158 valence electrons. The first-order chi connectivity index (χ1) is 14.3. The summed E-state index contributed by atoms with van der Waals surface area (Å²) in [5, 5.41) is 15.3. The summed E-state index contributed by atoms with van der Waals surface area (Å²) in [7, 11) is 1.78. The third kappa shape index (κ3) is 3.79. The molecular weight excluding hydrogens is 442 g/mol. The highest BCUT2D eigenvalue weighted by Crippen LogP contribution is 2.40. The molecule has 0 aliphatic heterocycles. The van der Waals surface area contributed by atoms with Crippen LogP contribution >= 0.6 is 15.9 Å². The van der Waals surface area contributed by atoms with Crippen LogP contribution in [-0.4, -0.2) is 14.7 Å². The van der Waals surface area contributed by atoms with Crippen molar-refractivity contribution in [2.45, 2.75) is 51.6 Å². The van der Waals surface area contributed by atoms with E-state index < -0.39 is 5.60 Å². The molecule has 0 amide bonds. The summed E-state index contributed by atoms with van der Waals surface area (Å²) in [6, 6.07) is 9.55. The summed E-state index contributed by atoms with van der Waals surface area (Å²) in [4.78, 5) is 17.3. The van der Waals surface area contributed by atoms with E-state index in [4.69, 9.17) is 0 Å². The fourth-order valence-corrected chi connectivity index (χ4v) is 4.62. The zero-order valence-corrected chi connectivity index (χ0v) is 19.3. The molecule has 2 aromatic heterocycles. The highest BCUT2D eigenvalue weighted by molar-refractivity contribution is 9.10. The molecule has 0 saturated heterocycles. The number of anilines is 2. The molecule has 3 aromatic rings. The quantitative estimate of drug-likeness (QED) is 0.497. The van der Waals surface area contributed by atoms with Crippen LogP contribution in [0, 0.1) is 12.8 Å². The van der Waals surface area contributed by atoms with Crippen molar-refractivity contribution < 1.29 is 5.11 Å². The summed E-state index contributed by atoms with van der Waals surface area (Å²) < 4.78 is 2.66. The number of nitrogens with zero attached hydrogens (tertiary/aromatic N) is 2. The molecule has 1 aliphatic rings. The molecule has 2 N–H and O–H groups in total. The van der Waals surface area contributed by atoms with Crippen molar-refractivity contribution in [2.75, 3.05) is 5.32 Å². The van der Waals surface area contributed by atoms with Crippen molar-refractivity contribution in [2.24, 2.45) is 13.0 Å². The van der Waals surface area contributed by atoms with Crippen molar-refractivity contribution in [3.63, 3.8) is 0 Å². The van der Waals surface area contributed by atoms with Crippen LogP contribution in [0.25, 0.3) is 10.9 Å². The first kappa shape index (κ1) is 21.1. The van der Waals surface area contributed by atoms with Gasteiger partial charge in [0.05, 0.1) is 11.1 Å². The average molecular weight is 470 g/mol. The number of aliphatic hydroxyl groups is 1. The highest BCUT2D eigenvalue weighted by atomic mass is 79.9. The molecular formula is C24H28BrN3O2.